The lowest BCUT2D eigenvalue weighted by molar-refractivity contribution is 0.101. The van der Waals surface area contributed by atoms with Crippen LogP contribution in [-0.2, 0) is 0 Å². The Hall–Kier alpha value is -1.31. The van der Waals surface area contributed by atoms with Gasteiger partial charge in [0.2, 0.25) is 0 Å². The highest BCUT2D eigenvalue weighted by atomic mass is 16.1. The summed E-state index contributed by atoms with van der Waals surface area (Å²) in [5, 5.41) is 0. The summed E-state index contributed by atoms with van der Waals surface area (Å²) in [4.78, 5) is 13.9. The Bertz CT molecular complexity index is 451. The van der Waals surface area contributed by atoms with Crippen LogP contribution in [0.1, 0.15) is 57.3 Å². The van der Waals surface area contributed by atoms with Crippen molar-refractivity contribution in [2.75, 3.05) is 11.4 Å². The number of ketones is 1. The molecule has 0 N–H and O–H groups in total. The zero-order chi connectivity index (χ0) is 14.7. The maximum absolute atomic E-state index is 11.4. The second kappa shape index (κ2) is 6.43. The minimum atomic E-state index is 0.141. The van der Waals surface area contributed by atoms with E-state index in [1.165, 1.54) is 24.9 Å². The fraction of sp³-hybridized carbons (Fsp3) is 0.611. The molecule has 20 heavy (non-hydrogen) atoms. The molecular weight excluding hydrogens is 246 g/mol. The number of benzene rings is 1. The number of hydrogen-bond acceptors (Lipinski definition) is 2. The van der Waals surface area contributed by atoms with Crippen LogP contribution in [0, 0.1) is 11.8 Å². The highest BCUT2D eigenvalue weighted by molar-refractivity contribution is 5.94. The topological polar surface area (TPSA) is 20.3 Å². The first-order valence-corrected chi connectivity index (χ1v) is 7.88. The molecule has 0 radical (unpaired) electrons. The smallest absolute Gasteiger partial charge is 0.159 e. The second-order valence-corrected chi connectivity index (χ2v) is 6.50. The number of Topliss-reactive ketones (excluding diaryl/α,β-unsaturated/α-hetero) is 1. The van der Waals surface area contributed by atoms with Gasteiger partial charge in [-0.1, -0.05) is 27.2 Å². The van der Waals surface area contributed by atoms with Crippen LogP contribution < -0.4 is 4.90 Å². The van der Waals surface area contributed by atoms with E-state index >= 15 is 0 Å². The molecule has 3 atom stereocenters. The number of anilines is 1. The van der Waals surface area contributed by atoms with Crippen molar-refractivity contribution >= 4 is 11.5 Å². The number of rotatable bonds is 5. The molecule has 0 aromatic heterocycles. The number of carbonyl (C=O) groups is 1. The van der Waals surface area contributed by atoms with E-state index in [1.54, 1.807) is 6.92 Å². The molecule has 0 aliphatic carbocycles. The molecule has 0 amide bonds. The summed E-state index contributed by atoms with van der Waals surface area (Å²) in [7, 11) is 0. The maximum atomic E-state index is 11.4. The van der Waals surface area contributed by atoms with Crippen molar-refractivity contribution in [2.24, 2.45) is 11.8 Å². The van der Waals surface area contributed by atoms with Crippen LogP contribution in [0.2, 0.25) is 0 Å². The first-order valence-electron chi connectivity index (χ1n) is 7.88. The standard InChI is InChI=1S/C18H27NO/c1-5-13(2)10-18-11-14(3)12-19(18)17-8-6-16(7-9-17)15(4)20/h6-9,13-14,18H,5,10-12H2,1-4H3/t13-,14?,18?/m1/s1. The molecule has 0 bridgehead atoms. The highest BCUT2D eigenvalue weighted by Gasteiger charge is 2.30. The normalized spacial score (nSPS) is 23.9. The van der Waals surface area contributed by atoms with Gasteiger partial charge in [0.1, 0.15) is 0 Å². The molecule has 2 unspecified atom stereocenters. The average Bonchev–Trinajstić information content (AvgIpc) is 2.79. The first-order chi connectivity index (χ1) is 9.51. The summed E-state index contributed by atoms with van der Waals surface area (Å²) in [5.41, 5.74) is 2.08. The monoisotopic (exact) mass is 273 g/mol. The van der Waals surface area contributed by atoms with E-state index in [0.717, 1.165) is 23.9 Å². The predicted octanol–water partition coefficient (Wildman–Crippen LogP) is 4.54. The molecule has 1 aromatic rings. The van der Waals surface area contributed by atoms with Gasteiger partial charge < -0.3 is 4.90 Å². The van der Waals surface area contributed by atoms with Gasteiger partial charge in [0, 0.05) is 23.8 Å². The van der Waals surface area contributed by atoms with Gasteiger partial charge in [-0.2, -0.15) is 0 Å². The third-order valence-electron chi connectivity index (χ3n) is 4.60. The van der Waals surface area contributed by atoms with E-state index < -0.39 is 0 Å². The maximum Gasteiger partial charge on any atom is 0.159 e. The Morgan fingerprint density at radius 1 is 1.35 bits per heavy atom. The van der Waals surface area contributed by atoms with Crippen LogP contribution in [0.25, 0.3) is 0 Å². The number of nitrogens with zero attached hydrogens (tertiary/aromatic N) is 1. The van der Waals surface area contributed by atoms with Gasteiger partial charge in [-0.05, 0) is 55.9 Å². The van der Waals surface area contributed by atoms with E-state index in [2.05, 4.69) is 37.8 Å². The fourth-order valence-electron chi connectivity index (χ4n) is 3.21. The molecule has 1 aliphatic rings. The van der Waals surface area contributed by atoms with Crippen molar-refractivity contribution in [1.29, 1.82) is 0 Å². The third-order valence-corrected chi connectivity index (χ3v) is 4.60. The summed E-state index contributed by atoms with van der Waals surface area (Å²) >= 11 is 0. The quantitative estimate of drug-likeness (QED) is 0.734. The van der Waals surface area contributed by atoms with Crippen molar-refractivity contribution in [1.82, 2.24) is 0 Å². The summed E-state index contributed by atoms with van der Waals surface area (Å²) in [6.45, 7) is 9.72. The van der Waals surface area contributed by atoms with E-state index in [4.69, 9.17) is 0 Å². The molecule has 1 fully saturated rings. The van der Waals surface area contributed by atoms with Crippen LogP contribution >= 0.6 is 0 Å². The van der Waals surface area contributed by atoms with E-state index in [9.17, 15) is 4.79 Å². The molecule has 1 saturated heterocycles. The van der Waals surface area contributed by atoms with Crippen molar-refractivity contribution in [2.45, 2.75) is 53.0 Å². The Morgan fingerprint density at radius 2 is 2.00 bits per heavy atom. The van der Waals surface area contributed by atoms with Crippen LogP contribution in [0.5, 0.6) is 0 Å². The number of carbonyl (C=O) groups excluding carboxylic acids is 1. The van der Waals surface area contributed by atoms with E-state index in [1.807, 2.05) is 12.1 Å². The average molecular weight is 273 g/mol. The van der Waals surface area contributed by atoms with Gasteiger partial charge in [-0.15, -0.1) is 0 Å². The molecule has 0 spiro atoms. The van der Waals surface area contributed by atoms with Crippen molar-refractivity contribution in [3.05, 3.63) is 29.8 Å². The zero-order valence-corrected chi connectivity index (χ0v) is 13.2. The molecule has 110 valence electrons. The van der Waals surface area contributed by atoms with Gasteiger partial charge in [0.05, 0.1) is 0 Å². The van der Waals surface area contributed by atoms with Gasteiger partial charge in [-0.25, -0.2) is 0 Å². The lowest BCUT2D eigenvalue weighted by Crippen LogP contribution is -2.30. The van der Waals surface area contributed by atoms with Crippen LogP contribution in [0.4, 0.5) is 5.69 Å². The largest absolute Gasteiger partial charge is 0.368 e. The summed E-state index contributed by atoms with van der Waals surface area (Å²) in [6, 6.07) is 8.79. The Kier molecular flexibility index (Phi) is 4.85. The Labute approximate surface area is 123 Å². The summed E-state index contributed by atoms with van der Waals surface area (Å²) in [6.07, 6.45) is 3.82. The predicted molar refractivity (Wildman–Crippen MR) is 85.4 cm³/mol. The third kappa shape index (κ3) is 3.41. The first kappa shape index (κ1) is 15.1. The van der Waals surface area contributed by atoms with Crippen LogP contribution in [0.15, 0.2) is 24.3 Å². The van der Waals surface area contributed by atoms with Crippen molar-refractivity contribution in [3.63, 3.8) is 0 Å². The SMILES string of the molecule is CC[C@@H](C)CC1CC(C)CN1c1ccc(C(C)=O)cc1. The lowest BCUT2D eigenvalue weighted by atomic mass is 9.96. The van der Waals surface area contributed by atoms with Crippen molar-refractivity contribution in [3.8, 4) is 0 Å². The summed E-state index contributed by atoms with van der Waals surface area (Å²) in [5.74, 6) is 1.68. The van der Waals surface area contributed by atoms with Gasteiger partial charge in [0.15, 0.2) is 5.78 Å². The van der Waals surface area contributed by atoms with Crippen molar-refractivity contribution < 1.29 is 4.79 Å². The number of hydrogen-bond donors (Lipinski definition) is 0. The molecule has 2 nitrogen and oxygen atoms in total. The Balaban J connectivity index is 2.14. The lowest BCUT2D eigenvalue weighted by Gasteiger charge is -2.28. The summed E-state index contributed by atoms with van der Waals surface area (Å²) < 4.78 is 0. The van der Waals surface area contributed by atoms with Crippen LogP contribution in [0.3, 0.4) is 0 Å². The molecule has 0 saturated carbocycles. The minimum absolute atomic E-state index is 0.141. The van der Waals surface area contributed by atoms with E-state index in [0.29, 0.717) is 6.04 Å². The second-order valence-electron chi connectivity index (χ2n) is 6.50. The van der Waals surface area contributed by atoms with Gasteiger partial charge in [0.25, 0.3) is 0 Å². The molecule has 1 heterocycles. The van der Waals surface area contributed by atoms with Gasteiger partial charge >= 0.3 is 0 Å². The molecule has 2 rings (SSSR count). The molecule has 2 heteroatoms. The van der Waals surface area contributed by atoms with Gasteiger partial charge in [-0.3, -0.25) is 4.79 Å². The minimum Gasteiger partial charge on any atom is -0.368 e. The molecule has 1 aliphatic heterocycles. The molecule has 1 aromatic carbocycles. The highest BCUT2D eigenvalue weighted by Crippen LogP contribution is 2.32. The zero-order valence-electron chi connectivity index (χ0n) is 13.2. The van der Waals surface area contributed by atoms with Crippen LogP contribution in [-0.4, -0.2) is 18.4 Å². The molecular formula is C18H27NO. The Morgan fingerprint density at radius 3 is 2.55 bits per heavy atom. The van der Waals surface area contributed by atoms with E-state index in [-0.39, 0.29) is 5.78 Å². The fourth-order valence-corrected chi connectivity index (χ4v) is 3.21.